The largest absolute Gasteiger partial charge is 0.480 e. The fourth-order valence-electron chi connectivity index (χ4n) is 3.73. The van der Waals surface area contributed by atoms with Gasteiger partial charge in [-0.2, -0.15) is 5.10 Å². The lowest BCUT2D eigenvalue weighted by Gasteiger charge is -2.40. The number of rotatable bonds is 5. The summed E-state index contributed by atoms with van der Waals surface area (Å²) in [7, 11) is 0. The molecule has 3 aliphatic rings. The number of aliphatic carboxylic acids is 1. The first-order valence-corrected chi connectivity index (χ1v) is 9.41. The molecular weight excluding hydrogens is 330 g/mol. The van der Waals surface area contributed by atoms with Crippen LogP contribution in [0.5, 0.6) is 0 Å². The second kappa shape index (κ2) is 7.71. The van der Waals surface area contributed by atoms with Gasteiger partial charge in [-0.15, -0.1) is 0 Å². The minimum Gasteiger partial charge on any atom is -0.480 e. The maximum atomic E-state index is 11.6. The van der Waals surface area contributed by atoms with E-state index < -0.39 is 11.9 Å². The Balaban J connectivity index is 1.66. The zero-order valence-corrected chi connectivity index (χ0v) is 14.5. The monoisotopic (exact) mass is 355 g/mol. The van der Waals surface area contributed by atoms with Crippen molar-refractivity contribution >= 4 is 28.7 Å². The quantitative estimate of drug-likeness (QED) is 0.621. The number of amides is 1. The number of hydrogen-bond donors (Lipinski definition) is 3. The summed E-state index contributed by atoms with van der Waals surface area (Å²) in [5, 5.41) is 19.5. The SMILES string of the molecule is NC(=O)C1=NN(C2CCN(CC(=O)O)CC2)C(C2CCNCC2)S1. The summed E-state index contributed by atoms with van der Waals surface area (Å²) >= 11 is 1.50. The third-order valence-electron chi connectivity index (χ3n) is 4.99. The van der Waals surface area contributed by atoms with Gasteiger partial charge in [0.05, 0.1) is 12.6 Å². The standard InChI is InChI=1S/C15H25N5O3S/c16-13(23)14-18-20(15(24-14)10-1-5-17-6-2-10)11-3-7-19(8-4-11)9-12(21)22/h10-11,15,17H,1-9H2,(H2,16,23)(H,21,22). The van der Waals surface area contributed by atoms with Crippen molar-refractivity contribution in [3.63, 3.8) is 0 Å². The van der Waals surface area contributed by atoms with Crippen LogP contribution in [0.4, 0.5) is 0 Å². The molecule has 1 atom stereocenters. The third kappa shape index (κ3) is 4.01. The minimum absolute atomic E-state index is 0.0923. The number of thioether (sulfide) groups is 1. The van der Waals surface area contributed by atoms with Crippen LogP contribution >= 0.6 is 11.8 Å². The molecule has 134 valence electrons. The highest BCUT2D eigenvalue weighted by Gasteiger charge is 2.40. The summed E-state index contributed by atoms with van der Waals surface area (Å²) in [5.41, 5.74) is 5.46. The van der Waals surface area contributed by atoms with Gasteiger partial charge in [0.1, 0.15) is 5.37 Å². The van der Waals surface area contributed by atoms with E-state index in [-0.39, 0.29) is 18.0 Å². The Morgan fingerprint density at radius 1 is 1.25 bits per heavy atom. The summed E-state index contributed by atoms with van der Waals surface area (Å²) in [4.78, 5) is 24.4. The molecule has 24 heavy (non-hydrogen) atoms. The summed E-state index contributed by atoms with van der Waals surface area (Å²) in [6.07, 6.45) is 3.89. The predicted octanol–water partition coefficient (Wildman–Crippen LogP) is -0.291. The molecule has 4 N–H and O–H groups in total. The van der Waals surface area contributed by atoms with Crippen LogP contribution in [-0.2, 0) is 9.59 Å². The Bertz CT molecular complexity index is 515. The number of primary amides is 1. The molecule has 1 unspecified atom stereocenters. The van der Waals surface area contributed by atoms with Gasteiger partial charge in [0.15, 0.2) is 5.04 Å². The highest BCUT2D eigenvalue weighted by molar-refractivity contribution is 8.16. The Hall–Kier alpha value is -1.32. The molecule has 0 bridgehead atoms. The fraction of sp³-hybridized carbons (Fsp3) is 0.800. The van der Waals surface area contributed by atoms with Gasteiger partial charge in [-0.1, -0.05) is 11.8 Å². The van der Waals surface area contributed by atoms with Crippen molar-refractivity contribution in [1.29, 1.82) is 0 Å². The molecule has 9 heteroatoms. The molecule has 1 amide bonds. The second-order valence-electron chi connectivity index (χ2n) is 6.65. The molecule has 0 aromatic carbocycles. The Labute approximate surface area is 145 Å². The van der Waals surface area contributed by atoms with Crippen molar-refractivity contribution in [3.05, 3.63) is 0 Å². The predicted molar refractivity (Wildman–Crippen MR) is 92.5 cm³/mol. The van der Waals surface area contributed by atoms with Crippen LogP contribution in [0, 0.1) is 5.92 Å². The molecule has 3 heterocycles. The average Bonchev–Trinajstić information content (AvgIpc) is 3.01. The first-order chi connectivity index (χ1) is 11.5. The summed E-state index contributed by atoms with van der Waals surface area (Å²) in [6, 6.07) is 0.249. The normalized spacial score (nSPS) is 27.2. The van der Waals surface area contributed by atoms with Gasteiger partial charge in [-0.25, -0.2) is 0 Å². The Morgan fingerprint density at radius 3 is 2.50 bits per heavy atom. The van der Waals surface area contributed by atoms with Crippen LogP contribution in [0.2, 0.25) is 0 Å². The number of likely N-dealkylation sites (tertiary alicyclic amines) is 1. The first kappa shape index (κ1) is 17.5. The third-order valence-corrected chi connectivity index (χ3v) is 6.34. The maximum absolute atomic E-state index is 11.6. The first-order valence-electron chi connectivity index (χ1n) is 8.53. The lowest BCUT2D eigenvalue weighted by molar-refractivity contribution is -0.138. The molecule has 0 aromatic rings. The van der Waals surface area contributed by atoms with E-state index in [0.29, 0.717) is 11.0 Å². The van der Waals surface area contributed by atoms with Crippen LogP contribution in [-0.4, -0.2) is 76.1 Å². The van der Waals surface area contributed by atoms with E-state index in [1.807, 2.05) is 4.90 Å². The zero-order valence-electron chi connectivity index (χ0n) is 13.7. The van der Waals surface area contributed by atoms with Crippen LogP contribution in [0.25, 0.3) is 0 Å². The molecule has 0 radical (unpaired) electrons. The molecule has 3 rings (SSSR count). The molecule has 3 aliphatic heterocycles. The van der Waals surface area contributed by atoms with Crippen molar-refractivity contribution in [2.45, 2.75) is 37.1 Å². The van der Waals surface area contributed by atoms with Gasteiger partial charge in [0.25, 0.3) is 5.91 Å². The number of nitrogens with zero attached hydrogens (tertiary/aromatic N) is 3. The highest BCUT2D eigenvalue weighted by atomic mass is 32.2. The number of carboxylic acids is 1. The second-order valence-corrected chi connectivity index (χ2v) is 7.75. The van der Waals surface area contributed by atoms with E-state index in [1.54, 1.807) is 0 Å². The van der Waals surface area contributed by atoms with E-state index in [0.717, 1.165) is 51.9 Å². The average molecular weight is 355 g/mol. The Kier molecular flexibility index (Phi) is 5.62. The number of hydrogen-bond acceptors (Lipinski definition) is 7. The minimum atomic E-state index is -0.785. The van der Waals surface area contributed by atoms with Crippen LogP contribution in [0.1, 0.15) is 25.7 Å². The topological polar surface area (TPSA) is 111 Å². The van der Waals surface area contributed by atoms with Crippen LogP contribution in [0.15, 0.2) is 5.10 Å². The number of carboxylic acid groups (broad SMARTS) is 1. The molecule has 0 aliphatic carbocycles. The number of piperidine rings is 2. The van der Waals surface area contributed by atoms with Gasteiger partial charge in [-0.3, -0.25) is 19.5 Å². The van der Waals surface area contributed by atoms with E-state index >= 15 is 0 Å². The smallest absolute Gasteiger partial charge is 0.317 e. The Morgan fingerprint density at radius 2 is 1.92 bits per heavy atom. The number of nitrogens with one attached hydrogen (secondary N) is 1. The molecule has 8 nitrogen and oxygen atoms in total. The highest BCUT2D eigenvalue weighted by Crippen LogP contribution is 2.38. The zero-order chi connectivity index (χ0) is 17.1. The molecule has 0 spiro atoms. The molecule has 2 saturated heterocycles. The number of nitrogens with two attached hydrogens (primary N) is 1. The molecule has 2 fully saturated rings. The number of carbonyl (C=O) groups is 2. The van der Waals surface area contributed by atoms with Crippen molar-refractivity contribution < 1.29 is 14.7 Å². The van der Waals surface area contributed by atoms with E-state index in [9.17, 15) is 9.59 Å². The van der Waals surface area contributed by atoms with E-state index in [4.69, 9.17) is 10.8 Å². The van der Waals surface area contributed by atoms with Crippen LogP contribution < -0.4 is 11.1 Å². The molecule has 0 saturated carbocycles. The van der Waals surface area contributed by atoms with Crippen molar-refractivity contribution in [2.75, 3.05) is 32.7 Å². The van der Waals surface area contributed by atoms with Crippen molar-refractivity contribution in [2.24, 2.45) is 16.8 Å². The van der Waals surface area contributed by atoms with Gasteiger partial charge in [-0.05, 0) is 44.7 Å². The van der Waals surface area contributed by atoms with Gasteiger partial charge in [0.2, 0.25) is 0 Å². The van der Waals surface area contributed by atoms with E-state index in [2.05, 4.69) is 15.4 Å². The molecular formula is C15H25N5O3S. The lowest BCUT2D eigenvalue weighted by Crippen LogP contribution is -2.48. The van der Waals surface area contributed by atoms with Crippen molar-refractivity contribution in [1.82, 2.24) is 15.2 Å². The van der Waals surface area contributed by atoms with Gasteiger partial charge < -0.3 is 16.2 Å². The van der Waals surface area contributed by atoms with Gasteiger partial charge >= 0.3 is 5.97 Å². The summed E-state index contributed by atoms with van der Waals surface area (Å²) in [5.74, 6) is -0.745. The van der Waals surface area contributed by atoms with E-state index in [1.165, 1.54) is 11.8 Å². The number of hydrazone groups is 1. The lowest BCUT2D eigenvalue weighted by atomic mass is 9.95. The number of carbonyl (C=O) groups excluding carboxylic acids is 1. The summed E-state index contributed by atoms with van der Waals surface area (Å²) in [6.45, 7) is 3.59. The van der Waals surface area contributed by atoms with Crippen LogP contribution in [0.3, 0.4) is 0 Å². The summed E-state index contributed by atoms with van der Waals surface area (Å²) < 4.78 is 0. The molecule has 0 aromatic heterocycles. The maximum Gasteiger partial charge on any atom is 0.317 e. The van der Waals surface area contributed by atoms with Crippen molar-refractivity contribution in [3.8, 4) is 0 Å². The fourth-order valence-corrected chi connectivity index (χ4v) is 5.00. The van der Waals surface area contributed by atoms with Gasteiger partial charge in [0, 0.05) is 13.1 Å².